The lowest BCUT2D eigenvalue weighted by molar-refractivity contribution is -0.513. The molecule has 0 amide bonds. The SMILES string of the molecule is CCN1CC[N+](CC)=C1/C=C1/N(CCC2CCCC2)c2ccc3ccccc3c2C1(C)C. The van der Waals surface area contributed by atoms with Gasteiger partial charge in [0.15, 0.2) is 0 Å². The highest BCUT2D eigenvalue weighted by Crippen LogP contribution is 2.51. The quantitative estimate of drug-likeness (QED) is 0.507. The molecule has 170 valence electrons. The van der Waals surface area contributed by atoms with E-state index in [9.17, 15) is 0 Å². The molecule has 0 bridgehead atoms. The number of rotatable bonds is 6. The van der Waals surface area contributed by atoms with Crippen molar-refractivity contribution in [2.45, 2.75) is 65.2 Å². The number of likely N-dealkylation sites (N-methyl/N-ethyl adjacent to an activating group) is 2. The summed E-state index contributed by atoms with van der Waals surface area (Å²) in [6.07, 6.45) is 9.55. The van der Waals surface area contributed by atoms with Crippen LogP contribution in [0.2, 0.25) is 0 Å². The molecule has 2 aromatic carbocycles. The third-order valence-corrected chi connectivity index (χ3v) is 8.31. The van der Waals surface area contributed by atoms with Gasteiger partial charge in [0.1, 0.15) is 13.1 Å². The number of fused-ring (bicyclic) bond motifs is 3. The Morgan fingerprint density at radius 3 is 2.59 bits per heavy atom. The number of nitrogens with zero attached hydrogens (tertiary/aromatic N) is 3. The minimum Gasteiger partial charge on any atom is -0.344 e. The van der Waals surface area contributed by atoms with Gasteiger partial charge in [-0.15, -0.1) is 0 Å². The van der Waals surface area contributed by atoms with Crippen LogP contribution in [0.4, 0.5) is 5.69 Å². The van der Waals surface area contributed by atoms with Gasteiger partial charge in [-0.05, 0) is 48.6 Å². The fourth-order valence-corrected chi connectivity index (χ4v) is 6.46. The van der Waals surface area contributed by atoms with Gasteiger partial charge in [0.2, 0.25) is 0 Å². The summed E-state index contributed by atoms with van der Waals surface area (Å²) in [5.74, 6) is 2.32. The van der Waals surface area contributed by atoms with Crippen LogP contribution < -0.4 is 4.90 Å². The average molecular weight is 431 g/mol. The van der Waals surface area contributed by atoms with Gasteiger partial charge in [0.05, 0.1) is 13.1 Å². The zero-order valence-corrected chi connectivity index (χ0v) is 20.5. The molecule has 2 aliphatic heterocycles. The van der Waals surface area contributed by atoms with Crippen LogP contribution in [-0.4, -0.2) is 48.0 Å². The van der Waals surface area contributed by atoms with Crippen molar-refractivity contribution in [2.24, 2.45) is 5.92 Å². The predicted octanol–water partition coefficient (Wildman–Crippen LogP) is 6.17. The highest BCUT2D eigenvalue weighted by atomic mass is 15.3. The summed E-state index contributed by atoms with van der Waals surface area (Å²) in [7, 11) is 0. The number of benzene rings is 2. The first-order valence-electron chi connectivity index (χ1n) is 12.9. The Morgan fingerprint density at radius 1 is 1.06 bits per heavy atom. The van der Waals surface area contributed by atoms with Crippen LogP contribution in [-0.2, 0) is 5.41 Å². The maximum Gasteiger partial charge on any atom is 0.273 e. The topological polar surface area (TPSA) is 9.49 Å². The summed E-state index contributed by atoms with van der Waals surface area (Å²) >= 11 is 0. The maximum atomic E-state index is 2.69. The number of hydrogen-bond acceptors (Lipinski definition) is 2. The van der Waals surface area contributed by atoms with Crippen molar-refractivity contribution in [1.29, 1.82) is 0 Å². The average Bonchev–Trinajstić information content (AvgIpc) is 3.51. The summed E-state index contributed by atoms with van der Waals surface area (Å²) in [5, 5.41) is 2.77. The Bertz CT molecular complexity index is 1060. The van der Waals surface area contributed by atoms with Crippen LogP contribution in [0.25, 0.3) is 10.8 Å². The molecule has 0 aromatic heterocycles. The minimum atomic E-state index is -0.0136. The highest BCUT2D eigenvalue weighted by molar-refractivity contribution is 5.97. The molecule has 3 heteroatoms. The van der Waals surface area contributed by atoms with E-state index in [1.807, 2.05) is 0 Å². The van der Waals surface area contributed by atoms with Gasteiger partial charge >= 0.3 is 0 Å². The molecule has 0 unspecified atom stereocenters. The predicted molar refractivity (Wildman–Crippen MR) is 137 cm³/mol. The molecule has 32 heavy (non-hydrogen) atoms. The monoisotopic (exact) mass is 430 g/mol. The summed E-state index contributed by atoms with van der Waals surface area (Å²) in [5.41, 5.74) is 4.41. The van der Waals surface area contributed by atoms with E-state index < -0.39 is 0 Å². The van der Waals surface area contributed by atoms with Gasteiger partial charge in [0.25, 0.3) is 5.84 Å². The molecule has 3 nitrogen and oxygen atoms in total. The summed E-state index contributed by atoms with van der Waals surface area (Å²) in [6.45, 7) is 15.0. The molecule has 0 spiro atoms. The molecule has 1 saturated carbocycles. The van der Waals surface area contributed by atoms with Gasteiger partial charge < -0.3 is 4.90 Å². The number of amidine groups is 1. The van der Waals surface area contributed by atoms with Crippen molar-refractivity contribution < 1.29 is 4.58 Å². The fraction of sp³-hybridized carbons (Fsp3) is 0.552. The normalized spacial score (nSPS) is 22.1. The standard InChI is InChI=1S/C29H40N3/c1-5-30-19-20-31(6-2)27(30)21-26-29(3,4)28-24-14-10-9-13-23(24)15-16-25(28)32(26)18-17-22-11-7-8-12-22/h9-10,13-16,21-22H,5-8,11-12,17-20H2,1-4H3/q+1. The molecule has 2 aromatic rings. The van der Waals surface area contributed by atoms with E-state index in [4.69, 9.17) is 0 Å². The second kappa shape index (κ2) is 8.57. The minimum absolute atomic E-state index is 0.0136. The van der Waals surface area contributed by atoms with E-state index in [0.717, 1.165) is 38.6 Å². The molecular formula is C29H40N3+. The number of allylic oxidation sites excluding steroid dienone is 1. The van der Waals surface area contributed by atoms with Crippen molar-refractivity contribution in [3.8, 4) is 0 Å². The molecule has 3 aliphatic rings. The summed E-state index contributed by atoms with van der Waals surface area (Å²) in [6, 6.07) is 13.7. The van der Waals surface area contributed by atoms with Crippen LogP contribution in [0.15, 0.2) is 48.2 Å². The molecule has 1 aliphatic carbocycles. The van der Waals surface area contributed by atoms with Gasteiger partial charge in [-0.3, -0.25) is 9.48 Å². The van der Waals surface area contributed by atoms with Crippen molar-refractivity contribution in [3.05, 3.63) is 53.7 Å². The van der Waals surface area contributed by atoms with Crippen LogP contribution in [0.5, 0.6) is 0 Å². The number of anilines is 1. The lowest BCUT2D eigenvalue weighted by Gasteiger charge is -2.28. The van der Waals surface area contributed by atoms with E-state index in [2.05, 4.69) is 84.5 Å². The van der Waals surface area contributed by atoms with Gasteiger partial charge in [-0.25, -0.2) is 0 Å². The zero-order valence-electron chi connectivity index (χ0n) is 20.5. The highest BCUT2D eigenvalue weighted by Gasteiger charge is 2.43. The van der Waals surface area contributed by atoms with E-state index >= 15 is 0 Å². The summed E-state index contributed by atoms with van der Waals surface area (Å²) < 4.78 is 2.56. The lowest BCUT2D eigenvalue weighted by atomic mass is 9.81. The van der Waals surface area contributed by atoms with Crippen LogP contribution in [0, 0.1) is 5.92 Å². The molecular weight excluding hydrogens is 390 g/mol. The van der Waals surface area contributed by atoms with Gasteiger partial charge in [-0.1, -0.05) is 69.9 Å². The first-order valence-corrected chi connectivity index (χ1v) is 12.9. The molecule has 0 saturated heterocycles. The third-order valence-electron chi connectivity index (χ3n) is 8.31. The van der Waals surface area contributed by atoms with Crippen molar-refractivity contribution >= 4 is 22.3 Å². The molecule has 1 fully saturated rings. The van der Waals surface area contributed by atoms with Gasteiger partial charge in [-0.2, -0.15) is 0 Å². The van der Waals surface area contributed by atoms with Crippen molar-refractivity contribution in [1.82, 2.24) is 4.90 Å². The lowest BCUT2D eigenvalue weighted by Crippen LogP contribution is -2.33. The molecule has 2 heterocycles. The zero-order chi connectivity index (χ0) is 22.3. The first kappa shape index (κ1) is 21.6. The second-order valence-corrected chi connectivity index (χ2v) is 10.4. The van der Waals surface area contributed by atoms with Crippen molar-refractivity contribution in [2.75, 3.05) is 37.6 Å². The largest absolute Gasteiger partial charge is 0.344 e. The second-order valence-electron chi connectivity index (χ2n) is 10.4. The Balaban J connectivity index is 1.63. The van der Waals surface area contributed by atoms with Crippen LogP contribution in [0.1, 0.15) is 65.4 Å². The molecule has 0 radical (unpaired) electrons. The van der Waals surface area contributed by atoms with Crippen LogP contribution in [0.3, 0.4) is 0 Å². The third kappa shape index (κ3) is 3.54. The first-order chi connectivity index (χ1) is 15.5. The fourth-order valence-electron chi connectivity index (χ4n) is 6.46. The maximum absolute atomic E-state index is 2.69. The van der Waals surface area contributed by atoms with E-state index in [0.29, 0.717) is 0 Å². The van der Waals surface area contributed by atoms with E-state index in [1.54, 1.807) is 0 Å². The van der Waals surface area contributed by atoms with E-state index in [-0.39, 0.29) is 5.41 Å². The molecule has 0 atom stereocenters. The smallest absolute Gasteiger partial charge is 0.273 e. The van der Waals surface area contributed by atoms with Crippen molar-refractivity contribution in [3.63, 3.8) is 0 Å². The molecule has 0 N–H and O–H groups in total. The Labute approximate surface area is 194 Å². The Morgan fingerprint density at radius 2 is 1.84 bits per heavy atom. The Hall–Kier alpha value is -2.29. The summed E-state index contributed by atoms with van der Waals surface area (Å²) in [4.78, 5) is 5.25. The van der Waals surface area contributed by atoms with E-state index in [1.165, 1.54) is 65.7 Å². The number of hydrogen-bond donors (Lipinski definition) is 0. The molecule has 5 rings (SSSR count). The van der Waals surface area contributed by atoms with Gasteiger partial charge in [0, 0.05) is 29.4 Å². The Kier molecular flexibility index (Phi) is 5.77. The van der Waals surface area contributed by atoms with Crippen LogP contribution >= 0.6 is 0 Å².